The third-order valence-electron chi connectivity index (χ3n) is 16.9. The topological polar surface area (TPSA) is 311 Å². The number of nitrogens with one attached hydrogen (secondary N) is 3. The second-order valence-electron chi connectivity index (χ2n) is 25.2. The number of hydrogen-bond donors (Lipinski definition) is 7. The van der Waals surface area contributed by atoms with E-state index in [1.54, 1.807) is 24.3 Å². The van der Waals surface area contributed by atoms with E-state index >= 15 is 0 Å². The van der Waals surface area contributed by atoms with E-state index < -0.39 is 123 Å². The molecular weight excluding hydrogens is 1180 g/mol. The van der Waals surface area contributed by atoms with Gasteiger partial charge in [-0.15, -0.1) is 0 Å². The van der Waals surface area contributed by atoms with Crippen LogP contribution in [0.1, 0.15) is 301 Å². The first kappa shape index (κ1) is 82.4. The molecule has 7 N–H and O–H groups in total. The summed E-state index contributed by atoms with van der Waals surface area (Å²) in [5, 5.41) is 49.7. The van der Waals surface area contributed by atoms with Gasteiger partial charge in [0.15, 0.2) is 12.4 Å². The number of carboxylic acid groups (broad SMARTS) is 3. The van der Waals surface area contributed by atoms with Gasteiger partial charge in [0, 0.05) is 44.3 Å². The molecule has 92 heavy (non-hydrogen) atoms. The fraction of sp³-hybridized carbons (Fsp3) is 0.789. The van der Waals surface area contributed by atoms with Gasteiger partial charge in [-0.05, 0) is 50.7 Å². The van der Waals surface area contributed by atoms with Crippen LogP contribution >= 0.6 is 0 Å². The van der Waals surface area contributed by atoms with E-state index in [0.717, 1.165) is 89.9 Å². The van der Waals surface area contributed by atoms with Crippen molar-refractivity contribution in [2.24, 2.45) is 0 Å². The minimum Gasteiger partial charge on any atom is -0.481 e. The first-order valence-electron chi connectivity index (χ1n) is 35.7. The number of amides is 4. The molecule has 6 atom stereocenters. The molecule has 0 bridgehead atoms. The molecule has 0 radical (unpaired) electrons. The molecule has 526 valence electrons. The second kappa shape index (κ2) is 53.7. The zero-order valence-corrected chi connectivity index (χ0v) is 56.5. The molecule has 0 aliphatic carbocycles. The maximum atomic E-state index is 14.1. The van der Waals surface area contributed by atoms with Gasteiger partial charge in [-0.3, -0.25) is 38.4 Å². The molecule has 0 saturated carbocycles. The number of benzene rings is 1. The molecule has 1 fully saturated rings. The van der Waals surface area contributed by atoms with Gasteiger partial charge in [-0.1, -0.05) is 232 Å². The van der Waals surface area contributed by atoms with E-state index in [2.05, 4.69) is 36.7 Å². The van der Waals surface area contributed by atoms with Gasteiger partial charge in [0.1, 0.15) is 30.9 Å². The number of ether oxygens (including phenoxy) is 4. The largest absolute Gasteiger partial charge is 0.481 e. The van der Waals surface area contributed by atoms with Gasteiger partial charge in [0.25, 0.3) is 5.91 Å². The lowest BCUT2D eigenvalue weighted by molar-refractivity contribution is -0.286. The van der Waals surface area contributed by atoms with E-state index in [1.165, 1.54) is 94.8 Å². The third kappa shape index (κ3) is 41.1. The van der Waals surface area contributed by atoms with Crippen molar-refractivity contribution in [2.45, 2.75) is 333 Å². The van der Waals surface area contributed by atoms with Crippen molar-refractivity contribution in [1.82, 2.24) is 20.9 Å². The molecule has 1 aromatic rings. The van der Waals surface area contributed by atoms with E-state index in [-0.39, 0.29) is 31.1 Å². The molecule has 21 nitrogen and oxygen atoms in total. The Kier molecular flexibility index (Phi) is 48.1. The van der Waals surface area contributed by atoms with Crippen molar-refractivity contribution in [2.75, 3.05) is 26.2 Å². The molecule has 0 aromatic heterocycles. The number of aliphatic hydroxyl groups is 1. The van der Waals surface area contributed by atoms with E-state index in [9.17, 15) is 63.6 Å². The number of aliphatic hydroxyl groups excluding tert-OH is 1. The Balaban J connectivity index is 2.34. The Morgan fingerprint density at radius 1 is 0.543 bits per heavy atom. The van der Waals surface area contributed by atoms with Gasteiger partial charge in [-0.2, -0.15) is 0 Å². The predicted octanol–water partition coefficient (Wildman–Crippen LogP) is 12.8. The van der Waals surface area contributed by atoms with Gasteiger partial charge < -0.3 is 60.2 Å². The highest BCUT2D eigenvalue weighted by Gasteiger charge is 2.50. The lowest BCUT2D eigenvalue weighted by atomic mass is 9.95. The smallest absolute Gasteiger partial charge is 0.328 e. The Hall–Kier alpha value is -5.67. The number of hydrogen-bond acceptors (Lipinski definition) is 14. The van der Waals surface area contributed by atoms with E-state index in [4.69, 9.17) is 18.9 Å². The van der Waals surface area contributed by atoms with Crippen LogP contribution in [0.5, 0.6) is 0 Å². The Bertz CT molecular complexity index is 2170. The standard InChI is InChI=1S/C71H120N4O17/c1-4-7-10-13-16-19-21-23-26-31-39-46-65(85)92-68-66(74-59(76)44-37-29-28-32-40-49-72-69(87)55-42-35-34-36-43-55)71(90-56(51-63(81)82)52-64(83)84)91-58(67(68)86)54-89-70(88)57(47-48-62(79)80)73-60(77)53-75(50-41-33-27-24-20-17-14-11-8-5-2)61(78)45-38-30-25-22-18-15-12-9-6-3/h34-36,42-43,56-58,66-68,71,86H,4-33,37-41,44-54H2,1-3H3,(H,72,87)(H,73,77)(H,74,76)(H,79,80)(H,81,82)(H,83,84)/t57-,58-,66-,67-,68-,71+/m1/s1. The summed E-state index contributed by atoms with van der Waals surface area (Å²) in [6.07, 6.45) is 23.8. The lowest BCUT2D eigenvalue weighted by Crippen LogP contribution is -2.66. The lowest BCUT2D eigenvalue weighted by Gasteiger charge is -2.44. The molecule has 2 rings (SSSR count). The van der Waals surface area contributed by atoms with Crippen LogP contribution in [0, 0.1) is 0 Å². The van der Waals surface area contributed by atoms with Crippen LogP contribution in [0.3, 0.4) is 0 Å². The summed E-state index contributed by atoms with van der Waals surface area (Å²) >= 11 is 0. The number of carboxylic acids is 3. The Morgan fingerprint density at radius 2 is 1.01 bits per heavy atom. The third-order valence-corrected chi connectivity index (χ3v) is 16.9. The van der Waals surface area contributed by atoms with Gasteiger partial charge in [-0.25, -0.2) is 4.79 Å². The highest BCUT2D eigenvalue weighted by Crippen LogP contribution is 2.29. The molecular formula is C71H120N4O17. The second-order valence-corrected chi connectivity index (χ2v) is 25.2. The number of aliphatic carboxylic acids is 3. The average molecular weight is 1300 g/mol. The summed E-state index contributed by atoms with van der Waals surface area (Å²) in [6.45, 7) is 6.12. The molecule has 1 aromatic carbocycles. The van der Waals surface area contributed by atoms with Crippen LogP contribution in [0.25, 0.3) is 0 Å². The summed E-state index contributed by atoms with van der Waals surface area (Å²) in [5.41, 5.74) is 0.559. The monoisotopic (exact) mass is 1300 g/mol. The van der Waals surface area contributed by atoms with Crippen LogP contribution in [0.4, 0.5) is 0 Å². The molecule has 21 heteroatoms. The van der Waals surface area contributed by atoms with Crippen molar-refractivity contribution < 1.29 is 82.5 Å². The first-order valence-corrected chi connectivity index (χ1v) is 35.7. The molecule has 1 aliphatic rings. The number of rotatable bonds is 59. The molecule has 4 amide bonds. The number of carbonyl (C=O) groups is 9. The van der Waals surface area contributed by atoms with Crippen molar-refractivity contribution in [3.05, 3.63) is 35.9 Å². The van der Waals surface area contributed by atoms with Crippen LogP contribution in [-0.4, -0.2) is 148 Å². The zero-order valence-electron chi connectivity index (χ0n) is 56.5. The van der Waals surface area contributed by atoms with Crippen LogP contribution in [0.2, 0.25) is 0 Å². The predicted molar refractivity (Wildman–Crippen MR) is 353 cm³/mol. The number of unbranched alkanes of at least 4 members (excludes halogenated alkanes) is 31. The van der Waals surface area contributed by atoms with Gasteiger partial charge in [0.2, 0.25) is 17.7 Å². The van der Waals surface area contributed by atoms with Crippen LogP contribution in [0.15, 0.2) is 30.3 Å². The fourth-order valence-electron chi connectivity index (χ4n) is 11.5. The number of esters is 2. The summed E-state index contributed by atoms with van der Waals surface area (Å²) in [6, 6.07) is 5.76. The summed E-state index contributed by atoms with van der Waals surface area (Å²) < 4.78 is 23.9. The maximum Gasteiger partial charge on any atom is 0.328 e. The maximum absolute atomic E-state index is 14.1. The summed E-state index contributed by atoms with van der Waals surface area (Å²) in [5.74, 6) is -7.67. The van der Waals surface area contributed by atoms with Crippen LogP contribution in [-0.2, 0) is 57.3 Å². The Labute approximate surface area is 550 Å². The highest BCUT2D eigenvalue weighted by molar-refractivity contribution is 5.94. The summed E-state index contributed by atoms with van der Waals surface area (Å²) in [7, 11) is 0. The quantitative estimate of drug-likeness (QED) is 0.0235. The average Bonchev–Trinajstić information content (AvgIpc) is 0.817. The van der Waals surface area contributed by atoms with Crippen molar-refractivity contribution in [3.8, 4) is 0 Å². The molecule has 0 unspecified atom stereocenters. The summed E-state index contributed by atoms with van der Waals surface area (Å²) in [4.78, 5) is 119. The normalized spacial score (nSPS) is 16.6. The van der Waals surface area contributed by atoms with E-state index in [1.807, 2.05) is 6.07 Å². The zero-order chi connectivity index (χ0) is 67.4. The minimum atomic E-state index is -1.86. The molecule has 1 heterocycles. The minimum absolute atomic E-state index is 0.0494. The molecule has 1 saturated heterocycles. The highest BCUT2D eigenvalue weighted by atomic mass is 16.7. The number of nitrogens with zero attached hydrogens (tertiary/aromatic N) is 1. The van der Waals surface area contributed by atoms with Crippen molar-refractivity contribution in [3.63, 3.8) is 0 Å². The SMILES string of the molecule is CCCCCCCCCCCCCC(=O)O[C@H]1[C@H](O)[C@@H](COC(=O)[C@@H](CCC(=O)O)NC(=O)CN(CCCCCCCCCCCC)C(=O)CCCCCCCCCCC)O[C@H](OC(CC(=O)O)CC(=O)O)[C@@H]1NC(=O)CCCCCCCNC(=O)c1ccccc1. The van der Waals surface area contributed by atoms with Crippen molar-refractivity contribution >= 4 is 53.5 Å². The first-order chi connectivity index (χ1) is 44.5. The fourth-order valence-corrected chi connectivity index (χ4v) is 11.5. The van der Waals surface area contributed by atoms with Crippen LogP contribution < -0.4 is 16.0 Å². The van der Waals surface area contributed by atoms with Gasteiger partial charge in [0.05, 0.1) is 25.5 Å². The number of carbonyl (C=O) groups excluding carboxylic acids is 6. The van der Waals surface area contributed by atoms with E-state index in [0.29, 0.717) is 63.6 Å². The molecule has 1 aliphatic heterocycles. The Morgan fingerprint density at radius 3 is 1.51 bits per heavy atom. The van der Waals surface area contributed by atoms with Crippen molar-refractivity contribution in [1.29, 1.82) is 0 Å². The molecule has 0 spiro atoms. The van der Waals surface area contributed by atoms with Gasteiger partial charge >= 0.3 is 29.8 Å².